The summed E-state index contributed by atoms with van der Waals surface area (Å²) in [6.07, 6.45) is 0. The van der Waals surface area contributed by atoms with Crippen molar-refractivity contribution in [3.05, 3.63) is 40.5 Å². The van der Waals surface area contributed by atoms with E-state index in [1.807, 2.05) is 13.8 Å². The Morgan fingerprint density at radius 2 is 1.43 bits per heavy atom. The number of allylic oxidation sites excluding steroid dienone is 1. The first-order chi connectivity index (χ1) is 10.6. The molecule has 1 N–H and O–H groups in total. The van der Waals surface area contributed by atoms with Crippen molar-refractivity contribution < 1.29 is 9.90 Å². The van der Waals surface area contributed by atoms with Gasteiger partial charge >= 0.3 is 5.97 Å². The molecular formula is C21H32O2. The van der Waals surface area contributed by atoms with Crippen LogP contribution in [0.2, 0.25) is 0 Å². The van der Waals surface area contributed by atoms with Crippen molar-refractivity contribution >= 4 is 11.5 Å². The summed E-state index contributed by atoms with van der Waals surface area (Å²) in [5.74, 6) is 0.150. The maximum Gasteiger partial charge on any atom is 0.332 e. The molecule has 0 aliphatic heterocycles. The lowest BCUT2D eigenvalue weighted by Crippen LogP contribution is -2.15. The van der Waals surface area contributed by atoms with Crippen molar-refractivity contribution in [3.63, 3.8) is 0 Å². The van der Waals surface area contributed by atoms with E-state index in [9.17, 15) is 9.90 Å². The molecule has 2 nitrogen and oxygen atoms in total. The predicted molar refractivity (Wildman–Crippen MR) is 98.9 cm³/mol. The Hall–Kier alpha value is -1.57. The first-order valence-electron chi connectivity index (χ1n) is 8.70. The summed E-state index contributed by atoms with van der Waals surface area (Å²) in [5.41, 5.74) is 5.27. The van der Waals surface area contributed by atoms with Gasteiger partial charge in [-0.25, -0.2) is 4.79 Å². The van der Waals surface area contributed by atoms with Gasteiger partial charge in [0.2, 0.25) is 0 Å². The molecule has 0 fully saturated rings. The highest BCUT2D eigenvalue weighted by Crippen LogP contribution is 2.38. The van der Waals surface area contributed by atoms with Crippen molar-refractivity contribution in [1.82, 2.24) is 0 Å². The molecule has 0 aliphatic carbocycles. The Balaban J connectivity index is 3.86. The average Bonchev–Trinajstić information content (AvgIpc) is 2.42. The Kier molecular flexibility index (Phi) is 6.61. The molecular weight excluding hydrogens is 284 g/mol. The summed E-state index contributed by atoms with van der Waals surface area (Å²) in [4.78, 5) is 11.9. The van der Waals surface area contributed by atoms with E-state index in [-0.39, 0.29) is 11.8 Å². The van der Waals surface area contributed by atoms with E-state index in [0.717, 1.165) is 11.1 Å². The number of carbonyl (C=O) groups is 1. The van der Waals surface area contributed by atoms with Gasteiger partial charge in [-0.1, -0.05) is 73.6 Å². The highest BCUT2D eigenvalue weighted by Gasteiger charge is 2.25. The number of aliphatic carboxylic acids is 1. The first kappa shape index (κ1) is 19.5. The largest absolute Gasteiger partial charge is 0.478 e. The molecule has 0 amide bonds. The molecule has 0 saturated heterocycles. The molecule has 1 aromatic rings. The van der Waals surface area contributed by atoms with E-state index < -0.39 is 5.97 Å². The minimum atomic E-state index is -0.798. The number of hydrogen-bond acceptors (Lipinski definition) is 1. The lowest BCUT2D eigenvalue weighted by atomic mass is 9.78. The molecule has 1 rings (SSSR count). The summed E-state index contributed by atoms with van der Waals surface area (Å²) >= 11 is 0. The number of rotatable bonds is 6. The average molecular weight is 316 g/mol. The van der Waals surface area contributed by atoms with Gasteiger partial charge in [-0.05, 0) is 45.9 Å². The van der Waals surface area contributed by atoms with Crippen LogP contribution in [-0.2, 0) is 4.79 Å². The monoisotopic (exact) mass is 316 g/mol. The molecule has 128 valence electrons. The Morgan fingerprint density at radius 1 is 0.870 bits per heavy atom. The van der Waals surface area contributed by atoms with Crippen molar-refractivity contribution in [2.24, 2.45) is 11.8 Å². The van der Waals surface area contributed by atoms with E-state index in [1.165, 1.54) is 11.1 Å². The van der Waals surface area contributed by atoms with Gasteiger partial charge in [0.05, 0.1) is 0 Å². The van der Waals surface area contributed by atoms with Crippen LogP contribution in [0.3, 0.4) is 0 Å². The molecule has 0 aliphatic rings. The maximum absolute atomic E-state index is 11.9. The molecule has 0 spiro atoms. The minimum absolute atomic E-state index is 0.00683. The van der Waals surface area contributed by atoms with Crippen LogP contribution in [0.4, 0.5) is 0 Å². The summed E-state index contributed by atoms with van der Waals surface area (Å²) in [6, 6.07) is 6.35. The summed E-state index contributed by atoms with van der Waals surface area (Å²) in [6.45, 7) is 16.9. The van der Waals surface area contributed by atoms with Crippen molar-refractivity contribution in [2.75, 3.05) is 0 Å². The zero-order valence-corrected chi connectivity index (χ0v) is 15.9. The maximum atomic E-state index is 11.9. The molecule has 0 heterocycles. The molecule has 2 heteroatoms. The molecule has 0 radical (unpaired) electrons. The molecule has 0 aromatic heterocycles. The van der Waals surface area contributed by atoms with E-state index >= 15 is 0 Å². The summed E-state index contributed by atoms with van der Waals surface area (Å²) in [7, 11) is 0. The standard InChI is InChI=1S/C21H32O2/c1-12(2)16-10-9-11-17(18(16)13(3)4)19(14(5)6)20(15(7)8)21(22)23/h9-15H,1-8H3,(H,22,23). The second kappa shape index (κ2) is 7.81. The minimum Gasteiger partial charge on any atom is -0.478 e. The van der Waals surface area contributed by atoms with Crippen LogP contribution < -0.4 is 0 Å². The highest BCUT2D eigenvalue weighted by atomic mass is 16.4. The zero-order chi connectivity index (χ0) is 17.9. The third-order valence-electron chi connectivity index (χ3n) is 4.30. The fraction of sp³-hybridized carbons (Fsp3) is 0.571. The number of carboxylic acid groups (broad SMARTS) is 1. The van der Waals surface area contributed by atoms with Crippen LogP contribution in [0.25, 0.3) is 5.57 Å². The van der Waals surface area contributed by atoms with Crippen LogP contribution in [0, 0.1) is 11.8 Å². The molecule has 23 heavy (non-hydrogen) atoms. The van der Waals surface area contributed by atoms with E-state index in [1.54, 1.807) is 0 Å². The Labute approximate surface area is 141 Å². The van der Waals surface area contributed by atoms with Crippen molar-refractivity contribution in [3.8, 4) is 0 Å². The lowest BCUT2D eigenvalue weighted by Gasteiger charge is -2.26. The summed E-state index contributed by atoms with van der Waals surface area (Å²) < 4.78 is 0. The Morgan fingerprint density at radius 3 is 1.78 bits per heavy atom. The van der Waals surface area contributed by atoms with Gasteiger partial charge in [-0.15, -0.1) is 0 Å². The van der Waals surface area contributed by atoms with Crippen LogP contribution in [0.15, 0.2) is 23.8 Å². The topological polar surface area (TPSA) is 37.3 Å². The second-order valence-corrected chi connectivity index (χ2v) is 7.56. The van der Waals surface area contributed by atoms with Gasteiger partial charge in [0.25, 0.3) is 0 Å². The van der Waals surface area contributed by atoms with Crippen LogP contribution in [0.5, 0.6) is 0 Å². The third-order valence-corrected chi connectivity index (χ3v) is 4.30. The van der Waals surface area contributed by atoms with E-state index in [0.29, 0.717) is 17.4 Å². The number of hydrogen-bond donors (Lipinski definition) is 1. The normalized spacial score (nSPS) is 13.2. The zero-order valence-electron chi connectivity index (χ0n) is 15.9. The van der Waals surface area contributed by atoms with Crippen LogP contribution in [-0.4, -0.2) is 11.1 Å². The fourth-order valence-corrected chi connectivity index (χ4v) is 3.41. The van der Waals surface area contributed by atoms with E-state index in [4.69, 9.17) is 0 Å². The quantitative estimate of drug-likeness (QED) is 0.645. The number of benzene rings is 1. The molecule has 0 saturated carbocycles. The van der Waals surface area contributed by atoms with Gasteiger partial charge in [0.15, 0.2) is 0 Å². The SMILES string of the molecule is CC(C)C(C(=O)O)=C(c1cccc(C(C)C)c1C(C)C)C(C)C. The van der Waals surface area contributed by atoms with Crippen LogP contribution in [0.1, 0.15) is 83.9 Å². The van der Waals surface area contributed by atoms with Crippen LogP contribution >= 0.6 is 0 Å². The molecule has 1 aromatic carbocycles. The van der Waals surface area contributed by atoms with Gasteiger partial charge in [-0.2, -0.15) is 0 Å². The second-order valence-electron chi connectivity index (χ2n) is 7.56. The summed E-state index contributed by atoms with van der Waals surface area (Å²) in [5, 5.41) is 9.77. The predicted octanol–water partition coefficient (Wildman–Crippen LogP) is 6.08. The molecule has 0 bridgehead atoms. The van der Waals surface area contributed by atoms with Gasteiger partial charge in [0.1, 0.15) is 0 Å². The van der Waals surface area contributed by atoms with E-state index in [2.05, 4.69) is 59.7 Å². The first-order valence-corrected chi connectivity index (χ1v) is 8.70. The molecule has 0 unspecified atom stereocenters. The van der Waals surface area contributed by atoms with Gasteiger partial charge in [-0.3, -0.25) is 0 Å². The smallest absolute Gasteiger partial charge is 0.332 e. The number of carboxylic acids is 1. The van der Waals surface area contributed by atoms with Gasteiger partial charge < -0.3 is 5.11 Å². The molecule has 0 atom stereocenters. The lowest BCUT2D eigenvalue weighted by molar-refractivity contribution is -0.133. The van der Waals surface area contributed by atoms with Crippen molar-refractivity contribution in [1.29, 1.82) is 0 Å². The fourth-order valence-electron chi connectivity index (χ4n) is 3.41. The van der Waals surface area contributed by atoms with Gasteiger partial charge in [0, 0.05) is 5.57 Å². The van der Waals surface area contributed by atoms with Crippen molar-refractivity contribution in [2.45, 2.75) is 67.2 Å². The highest BCUT2D eigenvalue weighted by molar-refractivity contribution is 5.97. The Bertz CT molecular complexity index is 590. The third kappa shape index (κ3) is 4.25.